The first-order valence-corrected chi connectivity index (χ1v) is 6.89. The van der Waals surface area contributed by atoms with Crippen molar-refractivity contribution in [3.63, 3.8) is 0 Å². The molecule has 0 spiro atoms. The third-order valence-electron chi connectivity index (χ3n) is 3.57. The van der Waals surface area contributed by atoms with E-state index in [4.69, 9.17) is 0 Å². The van der Waals surface area contributed by atoms with Crippen LogP contribution >= 0.6 is 0 Å². The highest BCUT2D eigenvalue weighted by Crippen LogP contribution is 2.27. The second-order valence-electron chi connectivity index (χ2n) is 4.88. The third kappa shape index (κ3) is 2.60. The maximum absolute atomic E-state index is 2.22. The van der Waals surface area contributed by atoms with Gasteiger partial charge >= 0.3 is 0 Å². The Balaban J connectivity index is 2.78. The lowest BCUT2D eigenvalue weighted by Gasteiger charge is -2.10. The Bertz CT molecular complexity index is 609. The molecule has 19 heavy (non-hydrogen) atoms. The summed E-state index contributed by atoms with van der Waals surface area (Å²) in [5.74, 6) is 0. The van der Waals surface area contributed by atoms with Gasteiger partial charge < -0.3 is 0 Å². The summed E-state index contributed by atoms with van der Waals surface area (Å²) in [5.41, 5.74) is 6.67. The van der Waals surface area contributed by atoms with Crippen LogP contribution in [0.5, 0.6) is 0 Å². The summed E-state index contributed by atoms with van der Waals surface area (Å²) >= 11 is 0. The van der Waals surface area contributed by atoms with Crippen molar-refractivity contribution in [2.75, 3.05) is 0 Å². The average Bonchev–Trinajstić information content (AvgIpc) is 2.41. The normalized spacial score (nSPS) is 11.2. The minimum absolute atomic E-state index is 1.05. The quantitative estimate of drug-likeness (QED) is 0.725. The lowest BCUT2D eigenvalue weighted by molar-refractivity contribution is -0.660. The summed E-state index contributed by atoms with van der Waals surface area (Å²) in [5, 5.41) is 0. The zero-order valence-corrected chi connectivity index (χ0v) is 12.3. The van der Waals surface area contributed by atoms with E-state index in [-0.39, 0.29) is 0 Å². The molecule has 0 bridgehead atoms. The molecule has 98 valence electrons. The van der Waals surface area contributed by atoms with Crippen molar-refractivity contribution in [1.82, 2.24) is 0 Å². The van der Waals surface area contributed by atoms with Gasteiger partial charge in [0.05, 0.1) is 0 Å². The number of pyridine rings is 1. The van der Waals surface area contributed by atoms with Crippen molar-refractivity contribution in [2.24, 2.45) is 7.05 Å². The third-order valence-corrected chi connectivity index (χ3v) is 3.57. The molecule has 0 aliphatic rings. The second kappa shape index (κ2) is 5.83. The van der Waals surface area contributed by atoms with Gasteiger partial charge in [-0.2, -0.15) is 0 Å². The standard InChI is InChI=1S/C18H22N/c1-5-9-17-15(6-2)12-13-19(4)18(17)16-11-8-7-10-14(16)3/h5,7-13H,6H2,1-4H3/q+1/b9-5-. The van der Waals surface area contributed by atoms with Gasteiger partial charge in [0.1, 0.15) is 7.05 Å². The minimum Gasteiger partial charge on any atom is -0.200 e. The zero-order valence-electron chi connectivity index (χ0n) is 12.3. The van der Waals surface area contributed by atoms with Crippen LogP contribution in [-0.4, -0.2) is 0 Å². The molecule has 2 aromatic rings. The van der Waals surface area contributed by atoms with E-state index in [1.54, 1.807) is 0 Å². The number of hydrogen-bond donors (Lipinski definition) is 0. The Morgan fingerprint density at radius 3 is 2.53 bits per heavy atom. The summed E-state index contributed by atoms with van der Waals surface area (Å²) in [6, 6.07) is 10.8. The summed E-state index contributed by atoms with van der Waals surface area (Å²) in [4.78, 5) is 0. The van der Waals surface area contributed by atoms with Gasteiger partial charge in [0.2, 0.25) is 5.69 Å². The zero-order chi connectivity index (χ0) is 13.8. The highest BCUT2D eigenvalue weighted by Gasteiger charge is 2.18. The number of aryl methyl sites for hydroxylation is 3. The molecule has 0 N–H and O–H groups in total. The minimum atomic E-state index is 1.05. The van der Waals surface area contributed by atoms with Crippen LogP contribution in [0.3, 0.4) is 0 Å². The second-order valence-corrected chi connectivity index (χ2v) is 4.88. The Morgan fingerprint density at radius 1 is 1.16 bits per heavy atom. The van der Waals surface area contributed by atoms with Crippen molar-refractivity contribution in [2.45, 2.75) is 27.2 Å². The van der Waals surface area contributed by atoms with Gasteiger partial charge in [0.25, 0.3) is 0 Å². The van der Waals surface area contributed by atoms with Gasteiger partial charge in [-0.15, -0.1) is 0 Å². The molecule has 0 unspecified atom stereocenters. The van der Waals surface area contributed by atoms with Crippen molar-refractivity contribution < 1.29 is 4.57 Å². The molecular weight excluding hydrogens is 230 g/mol. The van der Waals surface area contributed by atoms with E-state index in [0.29, 0.717) is 0 Å². The van der Waals surface area contributed by atoms with Crippen LogP contribution in [0.2, 0.25) is 0 Å². The van der Waals surface area contributed by atoms with Crippen LogP contribution < -0.4 is 4.57 Å². The van der Waals surface area contributed by atoms with Crippen LogP contribution in [0.4, 0.5) is 0 Å². The molecule has 0 saturated carbocycles. The molecule has 0 amide bonds. The average molecular weight is 252 g/mol. The largest absolute Gasteiger partial charge is 0.220 e. The fourth-order valence-electron chi connectivity index (χ4n) is 2.54. The van der Waals surface area contributed by atoms with Crippen molar-refractivity contribution in [3.8, 4) is 11.3 Å². The first-order chi connectivity index (χ1) is 9.19. The Labute approximate surface area is 116 Å². The number of benzene rings is 1. The Kier molecular flexibility index (Phi) is 4.16. The fourth-order valence-corrected chi connectivity index (χ4v) is 2.54. The van der Waals surface area contributed by atoms with Gasteiger partial charge in [-0.25, -0.2) is 4.57 Å². The van der Waals surface area contributed by atoms with Gasteiger partial charge in [-0.05, 0) is 37.5 Å². The van der Waals surface area contributed by atoms with E-state index in [2.05, 4.69) is 81.1 Å². The maximum atomic E-state index is 2.22. The highest BCUT2D eigenvalue weighted by molar-refractivity contribution is 5.73. The summed E-state index contributed by atoms with van der Waals surface area (Å²) in [6.07, 6.45) is 7.56. The van der Waals surface area contributed by atoms with E-state index >= 15 is 0 Å². The molecule has 0 atom stereocenters. The molecule has 1 nitrogen and oxygen atoms in total. The summed E-state index contributed by atoms with van der Waals surface area (Å²) < 4.78 is 2.22. The molecular formula is C18H22N+. The van der Waals surface area contributed by atoms with E-state index in [9.17, 15) is 0 Å². The van der Waals surface area contributed by atoms with Crippen LogP contribution in [0.15, 0.2) is 42.6 Å². The van der Waals surface area contributed by atoms with Gasteiger partial charge in [-0.3, -0.25) is 0 Å². The van der Waals surface area contributed by atoms with E-state index < -0.39 is 0 Å². The van der Waals surface area contributed by atoms with E-state index in [0.717, 1.165) is 6.42 Å². The highest BCUT2D eigenvalue weighted by atomic mass is 14.9. The maximum Gasteiger partial charge on any atom is 0.220 e. The van der Waals surface area contributed by atoms with Crippen LogP contribution in [-0.2, 0) is 13.5 Å². The van der Waals surface area contributed by atoms with Gasteiger partial charge in [0.15, 0.2) is 6.20 Å². The molecule has 2 rings (SSSR count). The molecule has 0 saturated heterocycles. The topological polar surface area (TPSA) is 3.88 Å². The lowest BCUT2D eigenvalue weighted by Crippen LogP contribution is -2.32. The van der Waals surface area contributed by atoms with Crippen LogP contribution in [0.25, 0.3) is 17.3 Å². The predicted octanol–water partition coefficient (Wildman–Crippen LogP) is 4.08. The molecule has 0 aliphatic heterocycles. The first-order valence-electron chi connectivity index (χ1n) is 6.89. The number of rotatable bonds is 3. The summed E-state index contributed by atoms with van der Waals surface area (Å²) in [7, 11) is 2.12. The van der Waals surface area contributed by atoms with Gasteiger partial charge in [-0.1, -0.05) is 37.3 Å². The lowest BCUT2D eigenvalue weighted by atomic mass is 9.96. The molecule has 1 aromatic carbocycles. The Hall–Kier alpha value is -1.89. The van der Waals surface area contributed by atoms with E-state index in [1.165, 1.54) is 27.9 Å². The number of hydrogen-bond acceptors (Lipinski definition) is 0. The first kappa shape index (κ1) is 13.5. The Morgan fingerprint density at radius 2 is 1.89 bits per heavy atom. The van der Waals surface area contributed by atoms with Crippen molar-refractivity contribution in [1.29, 1.82) is 0 Å². The van der Waals surface area contributed by atoms with Gasteiger partial charge in [0, 0.05) is 17.2 Å². The van der Waals surface area contributed by atoms with Crippen LogP contribution in [0, 0.1) is 6.92 Å². The predicted molar refractivity (Wildman–Crippen MR) is 81.9 cm³/mol. The monoisotopic (exact) mass is 252 g/mol. The SMILES string of the molecule is C/C=C\c1c(CC)cc[n+](C)c1-c1ccccc1C. The molecule has 0 aliphatic carbocycles. The number of allylic oxidation sites excluding steroid dienone is 1. The van der Waals surface area contributed by atoms with Crippen molar-refractivity contribution >= 4 is 6.08 Å². The smallest absolute Gasteiger partial charge is 0.200 e. The molecule has 1 aromatic heterocycles. The summed E-state index contributed by atoms with van der Waals surface area (Å²) in [6.45, 7) is 6.46. The fraction of sp³-hybridized carbons (Fsp3) is 0.278. The number of aromatic nitrogens is 1. The van der Waals surface area contributed by atoms with Crippen molar-refractivity contribution in [3.05, 3.63) is 59.3 Å². The number of nitrogens with zero attached hydrogens (tertiary/aromatic N) is 1. The molecule has 0 fully saturated rings. The van der Waals surface area contributed by atoms with E-state index in [1.807, 2.05) is 0 Å². The molecule has 0 radical (unpaired) electrons. The molecule has 1 heteroatoms. The molecule has 1 heterocycles. The van der Waals surface area contributed by atoms with Crippen LogP contribution in [0.1, 0.15) is 30.5 Å².